The molecule has 1 heterocycles. The summed E-state index contributed by atoms with van der Waals surface area (Å²) in [6.07, 6.45) is 8.11. The van der Waals surface area contributed by atoms with Gasteiger partial charge in [0, 0.05) is 12.4 Å². The van der Waals surface area contributed by atoms with Crippen molar-refractivity contribution in [3.05, 3.63) is 66.5 Å². The lowest BCUT2D eigenvalue weighted by Gasteiger charge is -2.28. The summed E-state index contributed by atoms with van der Waals surface area (Å²) in [5, 5.41) is 9.86. The van der Waals surface area contributed by atoms with Crippen molar-refractivity contribution < 1.29 is 23.1 Å². The number of carbonyl (C=O) groups is 2. The number of anilines is 1. The monoisotopic (exact) mass is 459 g/mol. The second kappa shape index (κ2) is 11.4. The predicted molar refractivity (Wildman–Crippen MR) is 124 cm³/mol. The molecule has 0 spiro atoms. The first-order valence-corrected chi connectivity index (χ1v) is 12.1. The number of nitrogens with zero attached hydrogens (tertiary/aromatic N) is 2. The summed E-state index contributed by atoms with van der Waals surface area (Å²) in [6, 6.07) is 11.7. The van der Waals surface area contributed by atoms with E-state index in [1.54, 1.807) is 60.9 Å². The molecule has 0 aliphatic rings. The third-order valence-corrected chi connectivity index (χ3v) is 5.75. The Balaban J connectivity index is 2.29. The summed E-state index contributed by atoms with van der Waals surface area (Å²) in [5.74, 6) is -3.71. The van der Waals surface area contributed by atoms with Crippen molar-refractivity contribution in [1.82, 2.24) is 10.4 Å². The van der Waals surface area contributed by atoms with Gasteiger partial charge in [0.05, 0.1) is 23.8 Å². The Morgan fingerprint density at radius 3 is 2.34 bits per heavy atom. The van der Waals surface area contributed by atoms with Gasteiger partial charge >= 0.3 is 5.97 Å². The van der Waals surface area contributed by atoms with E-state index in [1.807, 2.05) is 19.9 Å². The Bertz CT molecular complexity index is 1020. The van der Waals surface area contributed by atoms with Crippen LogP contribution in [0, 0.1) is 17.8 Å². The standard InChI is InChI=1S/C23H29N3O5S/c1-17(2)15-21(20(23(28)29)13-7-9-18-10-8-14-24-16-18)22(27)25-26(32(3,30)31)19-11-5-4-6-12-19/h4-12,14,16-17,20-21H,13,15H2,1-3H3,(H,25,27)(H,28,29)/b9-7+/t20?,21-/m1/s1. The molecule has 9 heteroatoms. The van der Waals surface area contributed by atoms with Crippen LogP contribution in [0.3, 0.4) is 0 Å². The molecule has 0 saturated carbocycles. The molecule has 0 aliphatic heterocycles. The molecule has 1 amide bonds. The molecule has 172 valence electrons. The second-order valence-corrected chi connectivity index (χ2v) is 9.78. The topological polar surface area (TPSA) is 117 Å². The highest BCUT2D eigenvalue weighted by Gasteiger charge is 2.35. The summed E-state index contributed by atoms with van der Waals surface area (Å²) in [5.41, 5.74) is 3.50. The van der Waals surface area contributed by atoms with Crippen molar-refractivity contribution in [2.75, 3.05) is 10.7 Å². The zero-order chi connectivity index (χ0) is 23.7. The van der Waals surface area contributed by atoms with E-state index >= 15 is 0 Å². The van der Waals surface area contributed by atoms with Gasteiger partial charge in [-0.2, -0.15) is 4.41 Å². The molecule has 1 unspecified atom stereocenters. The SMILES string of the molecule is CC(C)C[C@@H](C(=O)NN(c1ccccc1)S(C)(=O)=O)C(C/C=C/c1cccnc1)C(=O)O. The number of sulfonamides is 1. The maximum Gasteiger partial charge on any atom is 0.307 e. The fraction of sp³-hybridized carbons (Fsp3) is 0.348. The number of amides is 1. The maximum absolute atomic E-state index is 13.2. The molecule has 1 aromatic heterocycles. The van der Waals surface area contributed by atoms with Gasteiger partial charge in [0.1, 0.15) is 0 Å². The molecule has 2 N–H and O–H groups in total. The van der Waals surface area contributed by atoms with Crippen molar-refractivity contribution in [2.45, 2.75) is 26.7 Å². The predicted octanol–water partition coefficient (Wildman–Crippen LogP) is 3.35. The number of nitrogens with one attached hydrogen (secondary N) is 1. The third-order valence-electron chi connectivity index (χ3n) is 4.78. The van der Waals surface area contributed by atoms with Crippen molar-refractivity contribution in [3.8, 4) is 0 Å². The lowest BCUT2D eigenvalue weighted by atomic mass is 9.82. The minimum atomic E-state index is -3.84. The molecule has 0 radical (unpaired) electrons. The van der Waals surface area contributed by atoms with Crippen LogP contribution in [0.1, 0.15) is 32.3 Å². The number of para-hydroxylation sites is 1. The number of hydrazine groups is 1. The number of allylic oxidation sites excluding steroid dienone is 1. The maximum atomic E-state index is 13.2. The van der Waals surface area contributed by atoms with Crippen LogP contribution in [0.15, 0.2) is 60.9 Å². The molecule has 1 aromatic carbocycles. The molecule has 2 rings (SSSR count). The molecule has 0 aliphatic carbocycles. The first kappa shape index (κ1) is 25.1. The van der Waals surface area contributed by atoms with Gasteiger partial charge in [-0.25, -0.2) is 8.42 Å². The quantitative estimate of drug-likeness (QED) is 0.498. The Morgan fingerprint density at radius 1 is 1.12 bits per heavy atom. The number of aliphatic carboxylic acids is 1. The van der Waals surface area contributed by atoms with Crippen molar-refractivity contribution >= 4 is 33.7 Å². The average Bonchev–Trinajstić information content (AvgIpc) is 2.73. The molecule has 8 nitrogen and oxygen atoms in total. The van der Waals surface area contributed by atoms with Crippen molar-refractivity contribution in [3.63, 3.8) is 0 Å². The zero-order valence-electron chi connectivity index (χ0n) is 18.4. The van der Waals surface area contributed by atoms with Crippen LogP contribution in [-0.2, 0) is 19.6 Å². The van der Waals surface area contributed by atoms with E-state index < -0.39 is 33.7 Å². The van der Waals surface area contributed by atoms with E-state index in [0.29, 0.717) is 0 Å². The lowest BCUT2D eigenvalue weighted by molar-refractivity contribution is -0.147. The zero-order valence-corrected chi connectivity index (χ0v) is 19.2. The molecule has 32 heavy (non-hydrogen) atoms. The summed E-state index contributed by atoms with van der Waals surface area (Å²) in [4.78, 5) is 29.2. The van der Waals surface area contributed by atoms with Gasteiger partial charge in [0.15, 0.2) is 0 Å². The smallest absolute Gasteiger partial charge is 0.307 e. The summed E-state index contributed by atoms with van der Waals surface area (Å²) in [6.45, 7) is 3.77. The molecule has 2 aromatic rings. The van der Waals surface area contributed by atoms with Gasteiger partial charge in [0.25, 0.3) is 0 Å². The van der Waals surface area contributed by atoms with Crippen LogP contribution in [0.25, 0.3) is 6.08 Å². The highest BCUT2D eigenvalue weighted by atomic mass is 32.2. The van der Waals surface area contributed by atoms with E-state index in [1.165, 1.54) is 0 Å². The number of hydrogen-bond donors (Lipinski definition) is 2. The number of carbonyl (C=O) groups excluding carboxylic acids is 1. The number of aromatic nitrogens is 1. The number of pyridine rings is 1. The van der Waals surface area contributed by atoms with Crippen molar-refractivity contribution in [1.29, 1.82) is 0 Å². The normalized spacial score (nSPS) is 13.6. The largest absolute Gasteiger partial charge is 0.481 e. The number of benzene rings is 1. The Kier molecular flexibility index (Phi) is 8.95. The van der Waals surface area contributed by atoms with Gasteiger partial charge in [0.2, 0.25) is 15.9 Å². The highest BCUT2D eigenvalue weighted by molar-refractivity contribution is 7.92. The van der Waals surface area contributed by atoms with Crippen LogP contribution in [0.4, 0.5) is 5.69 Å². The molecular weight excluding hydrogens is 430 g/mol. The third kappa shape index (κ3) is 7.49. The second-order valence-electron chi connectivity index (χ2n) is 7.94. The van der Waals surface area contributed by atoms with Gasteiger partial charge < -0.3 is 5.11 Å². The lowest BCUT2D eigenvalue weighted by Crippen LogP contribution is -2.50. The first-order valence-electron chi connectivity index (χ1n) is 10.2. The van der Waals surface area contributed by atoms with E-state index in [2.05, 4.69) is 10.4 Å². The molecule has 0 fully saturated rings. The first-order chi connectivity index (χ1) is 15.1. The molecular formula is C23H29N3O5S. The van der Waals surface area contributed by atoms with Gasteiger partial charge in [-0.05, 0) is 42.5 Å². The minimum Gasteiger partial charge on any atom is -0.481 e. The fourth-order valence-electron chi connectivity index (χ4n) is 3.31. The van der Waals surface area contributed by atoms with Crippen LogP contribution >= 0.6 is 0 Å². The summed E-state index contributed by atoms with van der Waals surface area (Å²) >= 11 is 0. The van der Waals surface area contributed by atoms with Crippen LogP contribution < -0.4 is 9.84 Å². The van der Waals surface area contributed by atoms with Crippen molar-refractivity contribution in [2.24, 2.45) is 17.8 Å². The summed E-state index contributed by atoms with van der Waals surface area (Å²) in [7, 11) is -3.84. The van der Waals surface area contributed by atoms with Gasteiger partial charge in [-0.1, -0.05) is 50.3 Å². The number of hydrogen-bond acceptors (Lipinski definition) is 5. The van der Waals surface area contributed by atoms with Crippen LogP contribution in [-0.4, -0.2) is 36.6 Å². The molecule has 0 bridgehead atoms. The minimum absolute atomic E-state index is 0.0262. The number of carboxylic acids is 1. The van der Waals surface area contributed by atoms with E-state index in [-0.39, 0.29) is 24.4 Å². The molecule has 2 atom stereocenters. The van der Waals surface area contributed by atoms with Crippen LogP contribution in [0.5, 0.6) is 0 Å². The number of carboxylic acid groups (broad SMARTS) is 1. The summed E-state index contributed by atoms with van der Waals surface area (Å²) < 4.78 is 25.4. The van der Waals surface area contributed by atoms with E-state index in [4.69, 9.17) is 0 Å². The van der Waals surface area contributed by atoms with Gasteiger partial charge in [-0.3, -0.25) is 20.0 Å². The van der Waals surface area contributed by atoms with E-state index in [9.17, 15) is 23.1 Å². The molecule has 0 saturated heterocycles. The van der Waals surface area contributed by atoms with E-state index in [0.717, 1.165) is 16.2 Å². The highest BCUT2D eigenvalue weighted by Crippen LogP contribution is 2.26. The fourth-order valence-corrected chi connectivity index (χ4v) is 4.07. The van der Waals surface area contributed by atoms with Crippen LogP contribution in [0.2, 0.25) is 0 Å². The Labute approximate surface area is 189 Å². The number of rotatable bonds is 11. The Hall–Kier alpha value is -3.20. The average molecular weight is 460 g/mol. The van der Waals surface area contributed by atoms with Gasteiger partial charge in [-0.15, -0.1) is 0 Å². The Morgan fingerprint density at radius 2 is 1.81 bits per heavy atom.